The molecule has 0 aromatic carbocycles. The molecular weight excluding hydrogens is 226 g/mol. The molecule has 92 valence electrons. The van der Waals surface area contributed by atoms with E-state index in [2.05, 4.69) is 0 Å². The molecule has 6 heteroatoms. The minimum absolute atomic E-state index is 0.00255. The summed E-state index contributed by atoms with van der Waals surface area (Å²) in [5, 5.41) is 17.6. The predicted molar refractivity (Wildman–Crippen MR) is 56.8 cm³/mol. The molecule has 17 heavy (non-hydrogen) atoms. The van der Waals surface area contributed by atoms with Crippen LogP contribution in [0.15, 0.2) is 16.5 Å². The number of hydrogen-bond donors (Lipinski definition) is 2. The van der Waals surface area contributed by atoms with Crippen LogP contribution in [0.2, 0.25) is 0 Å². The summed E-state index contributed by atoms with van der Waals surface area (Å²) < 4.78 is 4.94. The molecule has 1 heterocycles. The predicted octanol–water partition coefficient (Wildman–Crippen LogP) is 0.575. The van der Waals surface area contributed by atoms with Gasteiger partial charge in [-0.1, -0.05) is 0 Å². The first-order valence-corrected chi connectivity index (χ1v) is 5.38. The van der Waals surface area contributed by atoms with Crippen molar-refractivity contribution in [1.82, 2.24) is 4.90 Å². The maximum Gasteiger partial charge on any atom is 0.371 e. The van der Waals surface area contributed by atoms with Crippen molar-refractivity contribution in [2.24, 2.45) is 0 Å². The number of hydrogen-bond acceptors (Lipinski definition) is 4. The van der Waals surface area contributed by atoms with Crippen LogP contribution in [-0.2, 0) is 0 Å². The Morgan fingerprint density at radius 1 is 1.35 bits per heavy atom. The molecule has 0 spiro atoms. The van der Waals surface area contributed by atoms with E-state index in [0.29, 0.717) is 0 Å². The standard InChI is InChI=1S/C11H13NO5/c13-6-5-12(7-1-2-7)10(14)8-3-4-9(17-8)11(15)16/h3-4,7,13H,1-2,5-6H2,(H,15,16). The summed E-state index contributed by atoms with van der Waals surface area (Å²) in [6, 6.07) is 2.74. The van der Waals surface area contributed by atoms with E-state index < -0.39 is 5.97 Å². The lowest BCUT2D eigenvalue weighted by atomic mass is 10.3. The SMILES string of the molecule is O=C(O)c1ccc(C(=O)N(CCO)C2CC2)o1. The fourth-order valence-corrected chi connectivity index (χ4v) is 1.65. The van der Waals surface area contributed by atoms with Crippen LogP contribution in [0.25, 0.3) is 0 Å². The van der Waals surface area contributed by atoms with E-state index in [4.69, 9.17) is 14.6 Å². The fourth-order valence-electron chi connectivity index (χ4n) is 1.65. The van der Waals surface area contributed by atoms with Crippen molar-refractivity contribution < 1.29 is 24.2 Å². The highest BCUT2D eigenvalue weighted by Gasteiger charge is 2.34. The van der Waals surface area contributed by atoms with E-state index in [1.165, 1.54) is 17.0 Å². The molecule has 0 saturated heterocycles. The largest absolute Gasteiger partial charge is 0.475 e. The van der Waals surface area contributed by atoms with Gasteiger partial charge in [-0.15, -0.1) is 0 Å². The maximum atomic E-state index is 12.0. The molecule has 0 radical (unpaired) electrons. The van der Waals surface area contributed by atoms with Gasteiger partial charge in [0, 0.05) is 12.6 Å². The normalized spacial score (nSPS) is 14.6. The summed E-state index contributed by atoms with van der Waals surface area (Å²) in [4.78, 5) is 24.1. The first-order chi connectivity index (χ1) is 8.13. The number of aromatic carboxylic acids is 1. The molecular formula is C11H13NO5. The van der Waals surface area contributed by atoms with Crippen molar-refractivity contribution in [2.75, 3.05) is 13.2 Å². The molecule has 1 aliphatic carbocycles. The van der Waals surface area contributed by atoms with E-state index in [-0.39, 0.29) is 36.6 Å². The Balaban J connectivity index is 2.13. The van der Waals surface area contributed by atoms with E-state index in [1.54, 1.807) is 0 Å². The topological polar surface area (TPSA) is 91.0 Å². The zero-order valence-electron chi connectivity index (χ0n) is 9.13. The Hall–Kier alpha value is -1.82. The summed E-state index contributed by atoms with van der Waals surface area (Å²) in [5.74, 6) is -1.82. The molecule has 1 fully saturated rings. The molecule has 0 aliphatic heterocycles. The number of rotatable bonds is 5. The summed E-state index contributed by atoms with van der Waals surface area (Å²) in [6.45, 7) is 0.126. The van der Waals surface area contributed by atoms with Crippen molar-refractivity contribution in [3.8, 4) is 0 Å². The highest BCUT2D eigenvalue weighted by Crippen LogP contribution is 2.28. The van der Waals surface area contributed by atoms with Crippen LogP contribution in [0.5, 0.6) is 0 Å². The van der Waals surface area contributed by atoms with E-state index >= 15 is 0 Å². The third-order valence-electron chi connectivity index (χ3n) is 2.62. The summed E-state index contributed by atoms with van der Waals surface area (Å²) in [6.07, 6.45) is 1.83. The lowest BCUT2D eigenvalue weighted by Crippen LogP contribution is -2.35. The summed E-state index contributed by atoms with van der Waals surface area (Å²) >= 11 is 0. The number of aliphatic hydroxyl groups excluding tert-OH is 1. The number of nitrogens with zero attached hydrogens (tertiary/aromatic N) is 1. The van der Waals surface area contributed by atoms with Crippen molar-refractivity contribution in [3.63, 3.8) is 0 Å². The van der Waals surface area contributed by atoms with E-state index in [1.807, 2.05) is 0 Å². The minimum atomic E-state index is -1.20. The molecule has 0 atom stereocenters. The van der Waals surface area contributed by atoms with Crippen LogP contribution in [0.1, 0.15) is 34.0 Å². The second-order valence-electron chi connectivity index (χ2n) is 3.92. The zero-order chi connectivity index (χ0) is 12.4. The number of carbonyl (C=O) groups is 2. The van der Waals surface area contributed by atoms with Crippen molar-refractivity contribution in [2.45, 2.75) is 18.9 Å². The molecule has 2 N–H and O–H groups in total. The van der Waals surface area contributed by atoms with Gasteiger partial charge in [0.05, 0.1) is 6.61 Å². The van der Waals surface area contributed by atoms with Gasteiger partial charge in [-0.2, -0.15) is 0 Å². The van der Waals surface area contributed by atoms with Crippen molar-refractivity contribution >= 4 is 11.9 Å². The number of amides is 1. The minimum Gasteiger partial charge on any atom is -0.475 e. The summed E-state index contributed by atoms with van der Waals surface area (Å²) in [7, 11) is 0. The number of carbonyl (C=O) groups excluding carboxylic acids is 1. The van der Waals surface area contributed by atoms with Crippen LogP contribution in [0.3, 0.4) is 0 Å². The molecule has 2 rings (SSSR count). The molecule has 1 aromatic heterocycles. The monoisotopic (exact) mass is 239 g/mol. The smallest absolute Gasteiger partial charge is 0.371 e. The molecule has 1 aliphatic rings. The Morgan fingerprint density at radius 2 is 2.00 bits per heavy atom. The molecule has 6 nitrogen and oxygen atoms in total. The van der Waals surface area contributed by atoms with Gasteiger partial charge in [-0.05, 0) is 25.0 Å². The average Bonchev–Trinajstić information content (AvgIpc) is 3.00. The Labute approximate surface area is 97.4 Å². The lowest BCUT2D eigenvalue weighted by Gasteiger charge is -2.19. The van der Waals surface area contributed by atoms with Gasteiger partial charge < -0.3 is 19.5 Å². The third kappa shape index (κ3) is 2.47. The molecule has 0 bridgehead atoms. The fraction of sp³-hybridized carbons (Fsp3) is 0.455. The highest BCUT2D eigenvalue weighted by molar-refractivity contribution is 5.93. The van der Waals surface area contributed by atoms with Gasteiger partial charge in [0.15, 0.2) is 5.76 Å². The maximum absolute atomic E-state index is 12.0. The molecule has 1 aromatic rings. The number of carboxylic acid groups (broad SMARTS) is 1. The first-order valence-electron chi connectivity index (χ1n) is 5.38. The van der Waals surface area contributed by atoms with Crippen molar-refractivity contribution in [3.05, 3.63) is 23.7 Å². The molecule has 0 unspecified atom stereocenters. The van der Waals surface area contributed by atoms with E-state index in [0.717, 1.165) is 12.8 Å². The second-order valence-corrected chi connectivity index (χ2v) is 3.92. The lowest BCUT2D eigenvalue weighted by molar-refractivity contribution is 0.0636. The van der Waals surface area contributed by atoms with Crippen LogP contribution in [0, 0.1) is 0 Å². The van der Waals surface area contributed by atoms with Gasteiger partial charge in [-0.3, -0.25) is 4.79 Å². The zero-order valence-corrected chi connectivity index (χ0v) is 9.13. The van der Waals surface area contributed by atoms with Crippen LogP contribution in [-0.4, -0.2) is 46.2 Å². The average molecular weight is 239 g/mol. The highest BCUT2D eigenvalue weighted by atomic mass is 16.4. The Morgan fingerprint density at radius 3 is 2.47 bits per heavy atom. The Bertz CT molecular complexity index is 435. The number of aliphatic hydroxyl groups is 1. The van der Waals surface area contributed by atoms with Crippen LogP contribution < -0.4 is 0 Å². The van der Waals surface area contributed by atoms with E-state index in [9.17, 15) is 9.59 Å². The van der Waals surface area contributed by atoms with Crippen LogP contribution in [0.4, 0.5) is 0 Å². The third-order valence-corrected chi connectivity index (χ3v) is 2.62. The quantitative estimate of drug-likeness (QED) is 0.784. The molecule has 1 amide bonds. The summed E-state index contributed by atoms with van der Waals surface area (Å²) in [5.41, 5.74) is 0. The van der Waals surface area contributed by atoms with Gasteiger partial charge >= 0.3 is 5.97 Å². The van der Waals surface area contributed by atoms with Gasteiger partial charge in [0.25, 0.3) is 5.91 Å². The molecule has 1 saturated carbocycles. The van der Waals surface area contributed by atoms with Crippen molar-refractivity contribution in [1.29, 1.82) is 0 Å². The second kappa shape index (κ2) is 4.58. The number of furan rings is 1. The first kappa shape index (κ1) is 11.7. The van der Waals surface area contributed by atoms with Crippen LogP contribution >= 0.6 is 0 Å². The van der Waals surface area contributed by atoms with Gasteiger partial charge in [0.2, 0.25) is 5.76 Å². The number of carboxylic acids is 1. The Kier molecular flexibility index (Phi) is 3.14. The van der Waals surface area contributed by atoms with Gasteiger partial charge in [0.1, 0.15) is 0 Å². The van der Waals surface area contributed by atoms with Gasteiger partial charge in [-0.25, -0.2) is 4.79 Å².